The summed E-state index contributed by atoms with van der Waals surface area (Å²) in [5, 5.41) is 12.1. The number of fused-ring (bicyclic) bond motifs is 4. The first-order valence-electron chi connectivity index (χ1n) is 25.0. The normalized spacial score (nSPS) is 11.1. The van der Waals surface area contributed by atoms with Crippen LogP contribution in [0.3, 0.4) is 0 Å². The standard InChI is InChI=1S/C66H60O12/c1-67-49-29-37(30-50(68-2)63(49)75-9)57(38-31-51(69-3)64(76-10)52(32-38)70-4)59-41-21-13-17-25-45(41)61(46-26-18-14-22-42(46)59)62-47-27-19-15-23-43(47)60(44-24-16-20-28-48(44)62)58(39-33-53(71-5)65(77-11)54(34-39)72-6)40-35-55(73-7)66(78-12)56(36-40)74-8/h13-36H,1-12H3. The molecule has 10 aromatic rings. The molecular formula is C66H60O12. The van der Waals surface area contributed by atoms with E-state index in [1.165, 1.54) is 0 Å². The van der Waals surface area contributed by atoms with Gasteiger partial charge in [-0.2, -0.15) is 0 Å². The third kappa shape index (κ3) is 8.59. The lowest BCUT2D eigenvalue weighted by Crippen LogP contribution is -2.15. The quantitative estimate of drug-likeness (QED) is 0.0859. The summed E-state index contributed by atoms with van der Waals surface area (Å²) in [6, 6.07) is 50.2. The summed E-state index contributed by atoms with van der Waals surface area (Å²) in [4.78, 5) is 0. The van der Waals surface area contributed by atoms with Crippen LogP contribution < -0.4 is 67.3 Å². The molecule has 0 aliphatic heterocycles. The number of benzene rings is 10. The van der Waals surface area contributed by atoms with Crippen LogP contribution in [0.4, 0.5) is 0 Å². The third-order valence-electron chi connectivity index (χ3n) is 14.4. The van der Waals surface area contributed by atoms with Gasteiger partial charge in [0.05, 0.1) is 85.3 Å². The zero-order chi connectivity index (χ0) is 54.8. The second kappa shape index (κ2) is 22.0. The second-order valence-corrected chi connectivity index (χ2v) is 18.1. The van der Waals surface area contributed by atoms with Crippen LogP contribution in [0.25, 0.3) is 54.2 Å². The summed E-state index contributed by atoms with van der Waals surface area (Å²) in [7, 11) is 19.4. The van der Waals surface area contributed by atoms with Crippen molar-refractivity contribution < 1.29 is 56.8 Å². The van der Waals surface area contributed by atoms with Crippen LogP contribution in [0.15, 0.2) is 146 Å². The van der Waals surface area contributed by atoms with Gasteiger partial charge >= 0.3 is 0 Å². The predicted molar refractivity (Wildman–Crippen MR) is 307 cm³/mol. The molecular weight excluding hydrogens is 985 g/mol. The summed E-state index contributed by atoms with van der Waals surface area (Å²) in [5.41, 5.74) is 4.89. The topological polar surface area (TPSA) is 111 Å². The number of rotatable bonds is 16. The molecule has 396 valence electrons. The smallest absolute Gasteiger partial charge is 0.203 e. The zero-order valence-electron chi connectivity index (χ0n) is 45.8. The van der Waals surface area contributed by atoms with E-state index in [1.54, 1.807) is 85.3 Å². The lowest BCUT2D eigenvalue weighted by molar-refractivity contribution is 0.324. The Hall–Kier alpha value is -9.42. The van der Waals surface area contributed by atoms with E-state index < -0.39 is 0 Å². The first-order valence-corrected chi connectivity index (χ1v) is 25.0. The molecule has 0 spiro atoms. The molecule has 10 rings (SSSR count). The maximum Gasteiger partial charge on any atom is 0.203 e. The largest absolute Gasteiger partial charge is 0.493 e. The van der Waals surface area contributed by atoms with E-state index >= 15 is 0 Å². The Bertz CT molecular complexity index is 3580. The molecule has 78 heavy (non-hydrogen) atoms. The fraction of sp³-hybridized carbons (Fsp3) is 0.182. The molecule has 12 heteroatoms. The molecule has 0 radical (unpaired) electrons. The average molecular weight is 1050 g/mol. The van der Waals surface area contributed by atoms with E-state index in [4.69, 9.17) is 56.8 Å². The van der Waals surface area contributed by atoms with Gasteiger partial charge in [0.15, 0.2) is 46.0 Å². The third-order valence-corrected chi connectivity index (χ3v) is 14.4. The van der Waals surface area contributed by atoms with Gasteiger partial charge in [0.2, 0.25) is 23.0 Å². The first-order chi connectivity index (χ1) is 38.2. The van der Waals surface area contributed by atoms with Gasteiger partial charge < -0.3 is 56.8 Å². The van der Waals surface area contributed by atoms with Gasteiger partial charge in [-0.1, -0.05) is 97.1 Å². The highest BCUT2D eigenvalue weighted by atomic mass is 16.5. The van der Waals surface area contributed by atoms with Crippen molar-refractivity contribution in [3.05, 3.63) is 189 Å². The molecule has 0 aliphatic carbocycles. The van der Waals surface area contributed by atoms with E-state index in [0.29, 0.717) is 69.0 Å². The van der Waals surface area contributed by atoms with Gasteiger partial charge in [-0.15, -0.1) is 0 Å². The van der Waals surface area contributed by atoms with Crippen LogP contribution in [-0.2, 0) is 0 Å². The molecule has 0 aromatic heterocycles. The van der Waals surface area contributed by atoms with Gasteiger partial charge in [0, 0.05) is 0 Å². The molecule has 0 aliphatic rings. The lowest BCUT2D eigenvalue weighted by Gasteiger charge is -2.20. The fourth-order valence-electron chi connectivity index (χ4n) is 11.1. The van der Waals surface area contributed by atoms with Gasteiger partial charge in [-0.3, -0.25) is 0 Å². The minimum atomic E-state index is 0.469. The predicted octanol–water partition coefficient (Wildman–Crippen LogP) is 12.2. The molecule has 0 saturated carbocycles. The summed E-state index contributed by atoms with van der Waals surface area (Å²) in [6.07, 6.45) is 0. The van der Waals surface area contributed by atoms with E-state index in [9.17, 15) is 0 Å². The van der Waals surface area contributed by atoms with E-state index in [2.05, 4.69) is 97.1 Å². The van der Waals surface area contributed by atoms with Crippen LogP contribution >= 0.6 is 0 Å². The van der Waals surface area contributed by atoms with Crippen LogP contribution in [0.2, 0.25) is 0 Å². The van der Waals surface area contributed by atoms with E-state index in [-0.39, 0.29) is 0 Å². The molecule has 10 aromatic carbocycles. The van der Waals surface area contributed by atoms with Crippen molar-refractivity contribution in [1.29, 1.82) is 0 Å². The molecule has 0 amide bonds. The Labute approximate surface area is 452 Å². The van der Waals surface area contributed by atoms with Crippen molar-refractivity contribution in [3.8, 4) is 69.0 Å². The molecule has 0 N–H and O–H groups in total. The van der Waals surface area contributed by atoms with E-state index in [0.717, 1.165) is 97.4 Å². The molecule has 0 saturated heterocycles. The van der Waals surface area contributed by atoms with Crippen molar-refractivity contribution in [2.75, 3.05) is 85.3 Å². The van der Waals surface area contributed by atoms with Gasteiger partial charge in [-0.05, 0) is 146 Å². The minimum absolute atomic E-state index is 0.469. The lowest BCUT2D eigenvalue weighted by atomic mass is 9.86. The highest BCUT2D eigenvalue weighted by Gasteiger charge is 2.25. The number of hydrogen-bond acceptors (Lipinski definition) is 12. The summed E-state index contributed by atoms with van der Waals surface area (Å²) in [6.45, 7) is 0. The molecule has 0 heterocycles. The maximum atomic E-state index is 6.03. The highest BCUT2D eigenvalue weighted by molar-refractivity contribution is 6.09. The Kier molecular flexibility index (Phi) is 14.7. The number of hydrogen-bond donors (Lipinski definition) is 0. The molecule has 0 atom stereocenters. The van der Waals surface area contributed by atoms with Crippen molar-refractivity contribution >= 4 is 54.2 Å². The summed E-state index contributed by atoms with van der Waals surface area (Å²) < 4.78 is 71.7. The average Bonchev–Trinajstić information content (AvgIpc) is 3.64. The van der Waals surface area contributed by atoms with Crippen molar-refractivity contribution in [3.63, 3.8) is 0 Å². The van der Waals surface area contributed by atoms with Gasteiger partial charge in [0.25, 0.3) is 0 Å². The number of ether oxygens (including phenoxy) is 12. The Morgan fingerprint density at radius 3 is 0.538 bits per heavy atom. The molecule has 12 nitrogen and oxygen atoms in total. The van der Waals surface area contributed by atoms with Crippen LogP contribution in [0, 0.1) is 10.4 Å². The van der Waals surface area contributed by atoms with E-state index in [1.807, 2.05) is 48.5 Å². The van der Waals surface area contributed by atoms with Crippen LogP contribution in [-0.4, -0.2) is 85.3 Å². The SMILES string of the molecule is COc1cc(C(c2cc(OC)c(OC)c(OC)c2)=c2c3ccccc3c(=c3c4ccccc4c(=C(c4cc(OC)c(OC)c(OC)c4)c4cc(OC)c(OC)c(OC)c4)c4ccccc34)c3ccccc23)cc(OC)c1OC. The monoisotopic (exact) mass is 1040 g/mol. The minimum Gasteiger partial charge on any atom is -0.493 e. The molecule has 0 unspecified atom stereocenters. The summed E-state index contributed by atoms with van der Waals surface area (Å²) >= 11 is 0. The van der Waals surface area contributed by atoms with Crippen molar-refractivity contribution in [2.24, 2.45) is 0 Å². The first kappa shape index (κ1) is 52.0. The van der Waals surface area contributed by atoms with Gasteiger partial charge in [0.1, 0.15) is 0 Å². The Balaban J connectivity index is 1.52. The van der Waals surface area contributed by atoms with Gasteiger partial charge in [-0.25, -0.2) is 0 Å². The highest BCUT2D eigenvalue weighted by Crippen LogP contribution is 2.47. The second-order valence-electron chi connectivity index (χ2n) is 18.1. The van der Waals surface area contributed by atoms with Crippen LogP contribution in [0.1, 0.15) is 22.3 Å². The zero-order valence-corrected chi connectivity index (χ0v) is 45.8. The molecule has 0 bridgehead atoms. The Morgan fingerprint density at radius 2 is 0.385 bits per heavy atom. The maximum absolute atomic E-state index is 6.03. The fourth-order valence-corrected chi connectivity index (χ4v) is 11.1. The number of methoxy groups -OCH3 is 12. The Morgan fingerprint density at radius 1 is 0.218 bits per heavy atom. The van der Waals surface area contributed by atoms with Crippen molar-refractivity contribution in [1.82, 2.24) is 0 Å². The molecule has 0 fully saturated rings. The summed E-state index contributed by atoms with van der Waals surface area (Å²) in [5.74, 6) is 5.83. The van der Waals surface area contributed by atoms with Crippen molar-refractivity contribution in [2.45, 2.75) is 0 Å². The van der Waals surface area contributed by atoms with Crippen LogP contribution in [0.5, 0.6) is 69.0 Å².